The van der Waals surface area contributed by atoms with Gasteiger partial charge in [-0.3, -0.25) is 4.79 Å². The van der Waals surface area contributed by atoms with Gasteiger partial charge in [-0.25, -0.2) is 13.5 Å². The molecule has 156 valence electrons. The zero-order valence-electron chi connectivity index (χ0n) is 16.8. The first-order valence-corrected chi connectivity index (χ1v) is 9.39. The Hall–Kier alpha value is -4.07. The highest BCUT2D eigenvalue weighted by Crippen LogP contribution is 2.25. The van der Waals surface area contributed by atoms with E-state index in [0.29, 0.717) is 33.9 Å². The molecule has 3 aromatic carbocycles. The number of ether oxygens (including phenoxy) is 1. The summed E-state index contributed by atoms with van der Waals surface area (Å²) in [5.41, 5.74) is 2.51. The third-order valence-electron chi connectivity index (χ3n) is 4.64. The molecule has 0 saturated heterocycles. The number of methoxy groups -OCH3 is 1. The summed E-state index contributed by atoms with van der Waals surface area (Å²) in [6.07, 6.45) is 0. The lowest BCUT2D eigenvalue weighted by Crippen LogP contribution is -2.12. The second-order valence-corrected chi connectivity index (χ2v) is 6.81. The number of aromatic nitrogens is 3. The van der Waals surface area contributed by atoms with E-state index in [2.05, 4.69) is 15.4 Å². The molecule has 0 unspecified atom stereocenters. The smallest absolute Gasteiger partial charge is 0.336 e. The molecule has 0 saturated carbocycles. The van der Waals surface area contributed by atoms with E-state index < -0.39 is 0 Å². The van der Waals surface area contributed by atoms with Crippen molar-refractivity contribution in [2.75, 3.05) is 12.4 Å². The highest BCUT2D eigenvalue weighted by molar-refractivity contribution is 6.04. The molecule has 1 N–H and O–H groups in total. The molecule has 1 aromatic heterocycles. The molecule has 0 spiro atoms. The van der Waals surface area contributed by atoms with E-state index in [1.165, 1.54) is 37.4 Å². The van der Waals surface area contributed by atoms with Crippen LogP contribution in [-0.4, -0.2) is 27.8 Å². The number of anilines is 1. The van der Waals surface area contributed by atoms with Crippen molar-refractivity contribution in [2.24, 2.45) is 0 Å². The zero-order valence-corrected chi connectivity index (χ0v) is 16.8. The summed E-state index contributed by atoms with van der Waals surface area (Å²) in [5, 5.41) is 7.13. The van der Waals surface area contributed by atoms with E-state index in [0.717, 1.165) is 0 Å². The van der Waals surface area contributed by atoms with Gasteiger partial charge in [0.05, 0.1) is 12.8 Å². The average Bonchev–Trinajstić information content (AvgIpc) is 3.21. The van der Waals surface area contributed by atoms with Gasteiger partial charge in [0.15, 0.2) is 5.82 Å². The normalized spacial score (nSPS) is 10.7. The molecular formula is C23H18F2N4O2. The summed E-state index contributed by atoms with van der Waals surface area (Å²) in [6, 6.07) is 17.2. The van der Waals surface area contributed by atoms with E-state index in [-0.39, 0.29) is 23.6 Å². The number of hydrogen-bond acceptors (Lipinski definition) is 4. The van der Waals surface area contributed by atoms with Crippen LogP contribution in [0.15, 0.2) is 66.7 Å². The monoisotopic (exact) mass is 420 g/mol. The standard InChI is InChI=1S/C23H18F2N4O2/c1-14-12-16(8-11-20(14)25)22(30)26-18-4-3-5-19(13-18)29-21(27-23(28-29)31-2)15-6-9-17(24)10-7-15/h3-13H,1-2H3,(H,26,30). The maximum Gasteiger partial charge on any atom is 0.336 e. The van der Waals surface area contributed by atoms with Crippen molar-refractivity contribution in [3.05, 3.63) is 89.5 Å². The number of carbonyl (C=O) groups is 1. The molecule has 0 aliphatic carbocycles. The third-order valence-corrected chi connectivity index (χ3v) is 4.64. The molecule has 4 rings (SSSR count). The lowest BCUT2D eigenvalue weighted by atomic mass is 10.1. The van der Waals surface area contributed by atoms with Gasteiger partial charge in [0.2, 0.25) is 0 Å². The van der Waals surface area contributed by atoms with Crippen LogP contribution in [-0.2, 0) is 0 Å². The molecule has 0 bridgehead atoms. The van der Waals surface area contributed by atoms with Crippen LogP contribution in [0.1, 0.15) is 15.9 Å². The predicted molar refractivity (Wildman–Crippen MR) is 112 cm³/mol. The van der Waals surface area contributed by atoms with Crippen molar-refractivity contribution in [2.45, 2.75) is 6.92 Å². The molecule has 4 aromatic rings. The van der Waals surface area contributed by atoms with E-state index in [1.54, 1.807) is 48.0 Å². The minimum Gasteiger partial charge on any atom is -0.466 e. The van der Waals surface area contributed by atoms with Crippen molar-refractivity contribution in [3.63, 3.8) is 0 Å². The summed E-state index contributed by atoms with van der Waals surface area (Å²) in [6.45, 7) is 1.60. The summed E-state index contributed by atoms with van der Waals surface area (Å²) < 4.78 is 33.5. The lowest BCUT2D eigenvalue weighted by molar-refractivity contribution is 0.102. The molecular weight excluding hydrogens is 402 g/mol. The Balaban J connectivity index is 1.67. The van der Waals surface area contributed by atoms with E-state index >= 15 is 0 Å². The lowest BCUT2D eigenvalue weighted by Gasteiger charge is -2.10. The fourth-order valence-electron chi connectivity index (χ4n) is 3.05. The van der Waals surface area contributed by atoms with Gasteiger partial charge in [0.25, 0.3) is 5.91 Å². The van der Waals surface area contributed by atoms with Gasteiger partial charge in [-0.15, -0.1) is 5.10 Å². The van der Waals surface area contributed by atoms with Crippen LogP contribution in [0.3, 0.4) is 0 Å². The first-order chi connectivity index (χ1) is 14.9. The molecule has 0 radical (unpaired) electrons. The van der Waals surface area contributed by atoms with Crippen LogP contribution in [0, 0.1) is 18.6 Å². The maximum absolute atomic E-state index is 13.5. The second kappa shape index (κ2) is 8.35. The first-order valence-electron chi connectivity index (χ1n) is 9.39. The summed E-state index contributed by atoms with van der Waals surface area (Å²) in [4.78, 5) is 16.9. The molecule has 31 heavy (non-hydrogen) atoms. The highest BCUT2D eigenvalue weighted by Gasteiger charge is 2.15. The number of hydrogen-bond donors (Lipinski definition) is 1. The molecule has 1 amide bonds. The van der Waals surface area contributed by atoms with Crippen molar-refractivity contribution < 1.29 is 18.3 Å². The number of nitrogens with zero attached hydrogens (tertiary/aromatic N) is 3. The van der Waals surface area contributed by atoms with Gasteiger partial charge < -0.3 is 10.1 Å². The number of nitrogens with one attached hydrogen (secondary N) is 1. The minimum atomic E-state index is -0.369. The number of benzene rings is 3. The summed E-state index contributed by atoms with van der Waals surface area (Å²) >= 11 is 0. The van der Waals surface area contributed by atoms with Gasteiger partial charge in [-0.1, -0.05) is 6.07 Å². The molecule has 0 fully saturated rings. The fraction of sp³-hybridized carbons (Fsp3) is 0.0870. The van der Waals surface area contributed by atoms with Crippen LogP contribution in [0.4, 0.5) is 14.5 Å². The molecule has 6 nitrogen and oxygen atoms in total. The van der Waals surface area contributed by atoms with Crippen molar-refractivity contribution >= 4 is 11.6 Å². The Bertz CT molecular complexity index is 1250. The molecule has 0 aliphatic rings. The third kappa shape index (κ3) is 4.28. The minimum absolute atomic E-state index is 0.149. The van der Waals surface area contributed by atoms with E-state index in [4.69, 9.17) is 4.74 Å². The van der Waals surface area contributed by atoms with Gasteiger partial charge in [-0.05, 0) is 73.2 Å². The van der Waals surface area contributed by atoms with Crippen LogP contribution in [0.25, 0.3) is 17.1 Å². The fourth-order valence-corrected chi connectivity index (χ4v) is 3.05. The van der Waals surface area contributed by atoms with E-state index in [1.807, 2.05) is 0 Å². The number of rotatable bonds is 5. The molecule has 1 heterocycles. The Morgan fingerprint density at radius 1 is 1.03 bits per heavy atom. The Labute approximate surface area is 177 Å². The topological polar surface area (TPSA) is 69.0 Å². The van der Waals surface area contributed by atoms with Gasteiger partial charge in [0, 0.05) is 16.8 Å². The van der Waals surface area contributed by atoms with Crippen LogP contribution in [0.2, 0.25) is 0 Å². The number of aryl methyl sites for hydroxylation is 1. The van der Waals surface area contributed by atoms with Crippen molar-refractivity contribution in [1.82, 2.24) is 14.8 Å². The Morgan fingerprint density at radius 2 is 1.81 bits per heavy atom. The molecule has 0 aliphatic heterocycles. The largest absolute Gasteiger partial charge is 0.466 e. The summed E-state index contributed by atoms with van der Waals surface area (Å²) in [7, 11) is 1.45. The average molecular weight is 420 g/mol. The highest BCUT2D eigenvalue weighted by atomic mass is 19.1. The Kier molecular flexibility index (Phi) is 5.44. The van der Waals surface area contributed by atoms with Gasteiger partial charge >= 0.3 is 6.01 Å². The van der Waals surface area contributed by atoms with Crippen molar-refractivity contribution in [3.8, 4) is 23.1 Å². The Morgan fingerprint density at radius 3 is 2.52 bits per heavy atom. The number of halogens is 2. The number of amides is 1. The second-order valence-electron chi connectivity index (χ2n) is 6.81. The quantitative estimate of drug-likeness (QED) is 0.504. The number of carbonyl (C=O) groups excluding carboxylic acids is 1. The van der Waals surface area contributed by atoms with E-state index in [9.17, 15) is 13.6 Å². The van der Waals surface area contributed by atoms with Crippen molar-refractivity contribution in [1.29, 1.82) is 0 Å². The zero-order chi connectivity index (χ0) is 22.0. The first kappa shape index (κ1) is 20.2. The van der Waals surface area contributed by atoms with Gasteiger partial charge in [-0.2, -0.15) is 4.98 Å². The maximum atomic E-state index is 13.5. The summed E-state index contributed by atoms with van der Waals surface area (Å²) in [5.74, 6) is -0.640. The SMILES string of the molecule is COc1nc(-c2ccc(F)cc2)n(-c2cccc(NC(=O)c3ccc(F)c(C)c3)c2)n1. The van der Waals surface area contributed by atoms with Crippen LogP contribution < -0.4 is 10.1 Å². The van der Waals surface area contributed by atoms with Gasteiger partial charge in [0.1, 0.15) is 11.6 Å². The van der Waals surface area contributed by atoms with Crippen LogP contribution >= 0.6 is 0 Å². The molecule has 8 heteroatoms. The van der Waals surface area contributed by atoms with Crippen LogP contribution in [0.5, 0.6) is 6.01 Å². The molecule has 0 atom stereocenters. The predicted octanol–water partition coefficient (Wildman–Crippen LogP) is 4.78.